The van der Waals surface area contributed by atoms with E-state index in [4.69, 9.17) is 16.2 Å². The zero-order chi connectivity index (χ0) is 32.1. The SMILES string of the molecule is [CH2]c1cc(N)ccc1-c1ccc(N)cc1COC(=O)/C=C/c1ccc(C(F)(F)Oc2ccc(OCC(F)(F)F)cc2F)cc1. The standard InChI is InChI=1S/C32H25F6N2O4/c1-19-14-23(39)7-10-26(19)27-11-8-24(40)15-21(27)17-42-30(41)13-4-20-2-5-22(6-3-20)32(37,38)44-29-12-9-25(16-28(29)33)43-18-31(34,35)36/h2-16H,1,17-18,39-40H2/b13-4+. The maximum atomic E-state index is 14.7. The van der Waals surface area contributed by atoms with E-state index in [1.54, 1.807) is 36.4 Å². The normalized spacial score (nSPS) is 11.9. The number of ether oxygens (including phenoxy) is 3. The maximum absolute atomic E-state index is 14.7. The largest absolute Gasteiger partial charge is 0.484 e. The molecular weight excluding hydrogens is 590 g/mol. The van der Waals surface area contributed by atoms with Gasteiger partial charge in [0.2, 0.25) is 0 Å². The third kappa shape index (κ3) is 8.46. The van der Waals surface area contributed by atoms with Crippen LogP contribution in [0.1, 0.15) is 22.3 Å². The van der Waals surface area contributed by atoms with Crippen molar-refractivity contribution < 1.29 is 45.3 Å². The first-order chi connectivity index (χ1) is 20.7. The smallest absolute Gasteiger partial charge is 0.426 e. The first-order valence-electron chi connectivity index (χ1n) is 12.8. The van der Waals surface area contributed by atoms with Gasteiger partial charge >= 0.3 is 18.3 Å². The van der Waals surface area contributed by atoms with Crippen molar-refractivity contribution >= 4 is 23.4 Å². The van der Waals surface area contributed by atoms with Gasteiger partial charge in [0.15, 0.2) is 18.2 Å². The monoisotopic (exact) mass is 615 g/mol. The van der Waals surface area contributed by atoms with Crippen molar-refractivity contribution in [2.24, 2.45) is 0 Å². The van der Waals surface area contributed by atoms with Gasteiger partial charge in [0.1, 0.15) is 12.4 Å². The minimum atomic E-state index is -4.66. The molecule has 0 unspecified atom stereocenters. The summed E-state index contributed by atoms with van der Waals surface area (Å²) >= 11 is 0. The average Bonchev–Trinajstić information content (AvgIpc) is 2.95. The molecule has 6 nitrogen and oxygen atoms in total. The minimum absolute atomic E-state index is 0.109. The van der Waals surface area contributed by atoms with Crippen LogP contribution in [0.2, 0.25) is 0 Å². The van der Waals surface area contributed by atoms with Gasteiger partial charge in [-0.2, -0.15) is 22.0 Å². The number of esters is 1. The lowest BCUT2D eigenvalue weighted by atomic mass is 9.95. The van der Waals surface area contributed by atoms with Gasteiger partial charge in [0.05, 0.1) is 5.56 Å². The van der Waals surface area contributed by atoms with E-state index in [0.29, 0.717) is 34.1 Å². The summed E-state index contributed by atoms with van der Waals surface area (Å²) in [5.41, 5.74) is 15.3. The minimum Gasteiger partial charge on any atom is -0.484 e. The quantitative estimate of drug-likeness (QED) is 0.0823. The fourth-order valence-corrected chi connectivity index (χ4v) is 4.04. The molecule has 0 bridgehead atoms. The Balaban J connectivity index is 1.37. The van der Waals surface area contributed by atoms with Gasteiger partial charge in [-0.05, 0) is 89.3 Å². The van der Waals surface area contributed by atoms with Gasteiger partial charge in [-0.25, -0.2) is 9.18 Å². The van der Waals surface area contributed by atoms with Gasteiger partial charge in [0, 0.05) is 23.5 Å². The summed E-state index contributed by atoms with van der Waals surface area (Å²) < 4.78 is 94.6. The molecule has 1 radical (unpaired) electrons. The van der Waals surface area contributed by atoms with Crippen LogP contribution in [0.5, 0.6) is 11.5 Å². The number of hydrogen-bond acceptors (Lipinski definition) is 6. The van der Waals surface area contributed by atoms with Gasteiger partial charge < -0.3 is 25.7 Å². The van der Waals surface area contributed by atoms with Crippen molar-refractivity contribution in [2.75, 3.05) is 18.1 Å². The molecule has 4 aromatic carbocycles. The fraction of sp³-hybridized carbons (Fsp3) is 0.125. The number of rotatable bonds is 10. The number of nitrogen functional groups attached to an aromatic ring is 2. The Hall–Kier alpha value is -5.13. The predicted molar refractivity (Wildman–Crippen MR) is 153 cm³/mol. The van der Waals surface area contributed by atoms with E-state index in [9.17, 15) is 31.1 Å². The molecule has 44 heavy (non-hydrogen) atoms. The summed E-state index contributed by atoms with van der Waals surface area (Å²) in [6.45, 7) is 2.22. The summed E-state index contributed by atoms with van der Waals surface area (Å²) in [7, 11) is 0. The predicted octanol–water partition coefficient (Wildman–Crippen LogP) is 7.67. The molecule has 0 spiro atoms. The molecule has 0 amide bonds. The number of alkyl halides is 5. The topological polar surface area (TPSA) is 96.8 Å². The van der Waals surface area contributed by atoms with Crippen molar-refractivity contribution in [1.82, 2.24) is 0 Å². The molecule has 0 aliphatic rings. The maximum Gasteiger partial charge on any atom is 0.426 e. The molecule has 4 aromatic rings. The number of halogens is 6. The molecule has 4 rings (SSSR count). The Morgan fingerprint density at radius 1 is 0.841 bits per heavy atom. The van der Waals surface area contributed by atoms with Gasteiger partial charge in [-0.3, -0.25) is 0 Å². The van der Waals surface area contributed by atoms with E-state index in [1.807, 2.05) is 0 Å². The summed E-state index contributed by atoms with van der Waals surface area (Å²) in [5.74, 6) is -3.45. The van der Waals surface area contributed by atoms with Crippen LogP contribution in [0.15, 0.2) is 84.9 Å². The van der Waals surface area contributed by atoms with Crippen molar-refractivity contribution in [1.29, 1.82) is 0 Å². The lowest BCUT2D eigenvalue weighted by molar-refractivity contribution is -0.187. The van der Waals surface area contributed by atoms with Crippen LogP contribution >= 0.6 is 0 Å². The highest BCUT2D eigenvalue weighted by Crippen LogP contribution is 2.35. The van der Waals surface area contributed by atoms with Crippen LogP contribution < -0.4 is 20.9 Å². The lowest BCUT2D eigenvalue weighted by Crippen LogP contribution is -2.22. The Kier molecular flexibility index (Phi) is 9.41. The molecule has 0 fully saturated rings. The van der Waals surface area contributed by atoms with E-state index in [0.717, 1.165) is 41.5 Å². The number of carbonyl (C=O) groups excluding carboxylic acids is 1. The van der Waals surface area contributed by atoms with Gasteiger partial charge in [-0.1, -0.05) is 24.3 Å². The van der Waals surface area contributed by atoms with E-state index in [-0.39, 0.29) is 6.61 Å². The number of hydrogen-bond donors (Lipinski definition) is 2. The number of nitrogens with two attached hydrogens (primary N) is 2. The second kappa shape index (κ2) is 13.0. The third-order valence-corrected chi connectivity index (χ3v) is 6.12. The molecule has 4 N–H and O–H groups in total. The van der Waals surface area contributed by atoms with Crippen molar-refractivity contribution in [3.8, 4) is 22.6 Å². The van der Waals surface area contributed by atoms with Crippen molar-refractivity contribution in [2.45, 2.75) is 18.9 Å². The molecule has 0 aromatic heterocycles. The van der Waals surface area contributed by atoms with E-state index in [2.05, 4.69) is 16.4 Å². The molecule has 0 heterocycles. The summed E-state index contributed by atoms with van der Waals surface area (Å²) in [4.78, 5) is 12.4. The van der Waals surface area contributed by atoms with Crippen LogP contribution in [0, 0.1) is 12.7 Å². The van der Waals surface area contributed by atoms with Gasteiger partial charge in [0.25, 0.3) is 0 Å². The number of anilines is 2. The Bertz CT molecular complexity index is 1670. The van der Waals surface area contributed by atoms with Crippen LogP contribution in [0.3, 0.4) is 0 Å². The Morgan fingerprint density at radius 2 is 1.50 bits per heavy atom. The molecule has 0 saturated heterocycles. The Labute approximate surface area is 248 Å². The molecule has 0 aliphatic heterocycles. The lowest BCUT2D eigenvalue weighted by Gasteiger charge is -2.19. The van der Waals surface area contributed by atoms with Crippen LogP contribution in [0.25, 0.3) is 17.2 Å². The van der Waals surface area contributed by atoms with Crippen molar-refractivity contribution in [3.05, 3.63) is 120 Å². The average molecular weight is 616 g/mol. The molecule has 0 saturated carbocycles. The zero-order valence-electron chi connectivity index (χ0n) is 22.8. The summed E-state index contributed by atoms with van der Waals surface area (Å²) in [6.07, 6.45) is -6.19. The Morgan fingerprint density at radius 3 is 2.14 bits per heavy atom. The molecular formula is C32H25F6N2O4. The van der Waals surface area contributed by atoms with E-state index < -0.39 is 47.7 Å². The fourth-order valence-electron chi connectivity index (χ4n) is 4.04. The highest BCUT2D eigenvalue weighted by atomic mass is 19.4. The number of carbonyl (C=O) groups is 1. The van der Waals surface area contributed by atoms with Gasteiger partial charge in [-0.15, -0.1) is 0 Å². The van der Waals surface area contributed by atoms with E-state index in [1.165, 1.54) is 18.2 Å². The second-order valence-electron chi connectivity index (χ2n) is 9.51. The molecule has 229 valence electrons. The third-order valence-electron chi connectivity index (χ3n) is 6.12. The summed E-state index contributed by atoms with van der Waals surface area (Å²) in [6, 6.07) is 17.1. The molecule has 0 atom stereocenters. The van der Waals surface area contributed by atoms with Crippen molar-refractivity contribution in [3.63, 3.8) is 0 Å². The summed E-state index contributed by atoms with van der Waals surface area (Å²) in [5, 5.41) is 0. The van der Waals surface area contributed by atoms with Crippen LogP contribution in [-0.2, 0) is 22.2 Å². The molecule has 0 aliphatic carbocycles. The van der Waals surface area contributed by atoms with E-state index >= 15 is 0 Å². The first-order valence-corrected chi connectivity index (χ1v) is 12.8. The molecule has 12 heteroatoms. The first kappa shape index (κ1) is 31.8. The highest BCUT2D eigenvalue weighted by Gasteiger charge is 2.35. The van der Waals surface area contributed by atoms with Crippen LogP contribution in [0.4, 0.5) is 37.7 Å². The zero-order valence-corrected chi connectivity index (χ0v) is 22.8. The highest BCUT2D eigenvalue weighted by molar-refractivity contribution is 5.87. The number of benzene rings is 4. The second-order valence-corrected chi connectivity index (χ2v) is 9.51. The van der Waals surface area contributed by atoms with Crippen LogP contribution in [-0.4, -0.2) is 18.8 Å².